The molecule has 226 valence electrons. The van der Waals surface area contributed by atoms with Crippen molar-refractivity contribution >= 4 is 39.6 Å². The van der Waals surface area contributed by atoms with Crippen LogP contribution in [0.2, 0.25) is 5.02 Å². The standard InChI is InChI=1S/C34H31ClN2O6S/c1-23-9-17-30(18-10-23)44(40,41)36(20-26-11-13-27(35)14-12-26)22-29-16-15-28(43-29)19-31-32(34(39)42-3)24(2)37(33(31)38)21-25-7-5-4-6-8-25/h4-19H,20-22H2,1-3H3/b31-19+. The van der Waals surface area contributed by atoms with Crippen LogP contribution < -0.4 is 0 Å². The number of amides is 1. The van der Waals surface area contributed by atoms with Crippen molar-refractivity contribution < 1.29 is 27.2 Å². The second kappa shape index (κ2) is 13.1. The van der Waals surface area contributed by atoms with E-state index in [1.54, 1.807) is 67.6 Å². The van der Waals surface area contributed by atoms with Gasteiger partial charge in [0.25, 0.3) is 5.91 Å². The zero-order valence-electron chi connectivity index (χ0n) is 24.5. The average molecular weight is 631 g/mol. The summed E-state index contributed by atoms with van der Waals surface area (Å²) in [5.41, 5.74) is 3.35. The molecule has 0 N–H and O–H groups in total. The molecule has 4 aromatic rings. The first-order chi connectivity index (χ1) is 21.1. The minimum atomic E-state index is -3.92. The number of aryl methyl sites for hydroxylation is 1. The number of nitrogens with zero attached hydrogens (tertiary/aromatic N) is 2. The third-order valence-corrected chi connectivity index (χ3v) is 9.37. The van der Waals surface area contributed by atoms with Crippen molar-refractivity contribution in [1.29, 1.82) is 0 Å². The lowest BCUT2D eigenvalue weighted by Gasteiger charge is -2.21. The molecule has 2 heterocycles. The first-order valence-electron chi connectivity index (χ1n) is 13.8. The van der Waals surface area contributed by atoms with Crippen LogP contribution in [-0.4, -0.2) is 36.6 Å². The van der Waals surface area contributed by atoms with Gasteiger partial charge in [0.05, 0.1) is 36.2 Å². The lowest BCUT2D eigenvalue weighted by molar-refractivity contribution is -0.136. The Balaban J connectivity index is 1.45. The number of hydrogen-bond acceptors (Lipinski definition) is 6. The van der Waals surface area contributed by atoms with Gasteiger partial charge in [-0.05, 0) is 67.4 Å². The first kappa shape index (κ1) is 31.0. The molecule has 0 fully saturated rings. The topological polar surface area (TPSA) is 97.1 Å². The van der Waals surface area contributed by atoms with Crippen LogP contribution in [0.1, 0.15) is 35.1 Å². The first-order valence-corrected chi connectivity index (χ1v) is 15.7. The predicted molar refractivity (Wildman–Crippen MR) is 167 cm³/mol. The maximum absolute atomic E-state index is 13.8. The molecule has 3 aromatic carbocycles. The summed E-state index contributed by atoms with van der Waals surface area (Å²) in [6.07, 6.45) is 1.49. The third kappa shape index (κ3) is 6.70. The maximum Gasteiger partial charge on any atom is 0.340 e. The fourth-order valence-electron chi connectivity index (χ4n) is 4.94. The van der Waals surface area contributed by atoms with E-state index in [9.17, 15) is 18.0 Å². The number of allylic oxidation sites excluding steroid dienone is 1. The van der Waals surface area contributed by atoms with E-state index in [1.807, 2.05) is 37.3 Å². The second-order valence-corrected chi connectivity index (χ2v) is 12.8. The molecule has 1 aliphatic heterocycles. The van der Waals surface area contributed by atoms with Gasteiger partial charge in [0, 0.05) is 17.3 Å². The van der Waals surface area contributed by atoms with E-state index >= 15 is 0 Å². The number of furan rings is 1. The van der Waals surface area contributed by atoms with Crippen LogP contribution in [0.15, 0.2) is 117 Å². The molecule has 1 aromatic heterocycles. The molecular weight excluding hydrogens is 600 g/mol. The Morgan fingerprint density at radius 2 is 1.59 bits per heavy atom. The minimum Gasteiger partial charge on any atom is -0.465 e. The van der Waals surface area contributed by atoms with E-state index in [0.717, 1.165) is 16.7 Å². The quantitative estimate of drug-likeness (QED) is 0.146. The summed E-state index contributed by atoms with van der Waals surface area (Å²) in [5, 5.41) is 0.546. The van der Waals surface area contributed by atoms with Crippen LogP contribution in [0.4, 0.5) is 0 Å². The van der Waals surface area contributed by atoms with Crippen LogP contribution in [0, 0.1) is 6.92 Å². The van der Waals surface area contributed by atoms with E-state index in [4.69, 9.17) is 20.8 Å². The minimum absolute atomic E-state index is 0.0746. The Hall–Kier alpha value is -4.44. The summed E-state index contributed by atoms with van der Waals surface area (Å²) in [5.74, 6) is -0.356. The van der Waals surface area contributed by atoms with E-state index in [1.165, 1.54) is 22.4 Å². The van der Waals surface area contributed by atoms with Gasteiger partial charge in [-0.15, -0.1) is 0 Å². The van der Waals surface area contributed by atoms with Crippen LogP contribution in [0.3, 0.4) is 0 Å². The summed E-state index contributed by atoms with van der Waals surface area (Å²) < 4.78 is 39.9. The monoisotopic (exact) mass is 630 g/mol. The molecule has 5 rings (SSSR count). The predicted octanol–water partition coefficient (Wildman–Crippen LogP) is 6.51. The molecule has 10 heteroatoms. The fraction of sp³-hybridized carbons (Fsp3) is 0.176. The Bertz CT molecular complexity index is 1840. The molecule has 0 atom stereocenters. The number of benzene rings is 3. The van der Waals surface area contributed by atoms with Gasteiger partial charge in [0.2, 0.25) is 10.0 Å². The number of methoxy groups -OCH3 is 1. The van der Waals surface area contributed by atoms with E-state index in [2.05, 4.69) is 0 Å². The smallest absolute Gasteiger partial charge is 0.340 e. The Morgan fingerprint density at radius 1 is 0.909 bits per heavy atom. The zero-order valence-corrected chi connectivity index (χ0v) is 26.1. The molecule has 8 nitrogen and oxygen atoms in total. The van der Waals surface area contributed by atoms with E-state index < -0.39 is 16.0 Å². The van der Waals surface area contributed by atoms with Gasteiger partial charge in [0.15, 0.2) is 0 Å². The summed E-state index contributed by atoms with van der Waals surface area (Å²) in [4.78, 5) is 28.0. The number of sulfonamides is 1. The molecule has 1 aliphatic rings. The molecule has 1 amide bonds. The Morgan fingerprint density at radius 3 is 2.25 bits per heavy atom. The normalized spacial score (nSPS) is 14.6. The summed E-state index contributed by atoms with van der Waals surface area (Å²) >= 11 is 6.05. The van der Waals surface area contributed by atoms with Gasteiger partial charge < -0.3 is 14.1 Å². The van der Waals surface area contributed by atoms with Crippen molar-refractivity contribution in [1.82, 2.24) is 9.21 Å². The van der Waals surface area contributed by atoms with Gasteiger partial charge in [-0.2, -0.15) is 4.31 Å². The van der Waals surface area contributed by atoms with Crippen molar-refractivity contribution in [2.24, 2.45) is 0 Å². The lowest BCUT2D eigenvalue weighted by Crippen LogP contribution is -2.30. The van der Waals surface area contributed by atoms with Crippen molar-refractivity contribution in [3.8, 4) is 0 Å². The third-order valence-electron chi connectivity index (χ3n) is 7.32. The fourth-order valence-corrected chi connectivity index (χ4v) is 6.46. The average Bonchev–Trinajstić information content (AvgIpc) is 3.55. The summed E-state index contributed by atoms with van der Waals surface area (Å²) in [6, 6.07) is 26.4. The van der Waals surface area contributed by atoms with Gasteiger partial charge >= 0.3 is 5.97 Å². The zero-order chi connectivity index (χ0) is 31.4. The second-order valence-electron chi connectivity index (χ2n) is 10.4. The number of esters is 1. The molecule has 0 saturated heterocycles. The molecule has 0 spiro atoms. The highest BCUT2D eigenvalue weighted by Crippen LogP contribution is 2.33. The van der Waals surface area contributed by atoms with Crippen LogP contribution in [0.5, 0.6) is 0 Å². The van der Waals surface area contributed by atoms with E-state index in [-0.39, 0.29) is 41.6 Å². The van der Waals surface area contributed by atoms with Crippen LogP contribution in [-0.2, 0) is 44.0 Å². The number of ether oxygens (including phenoxy) is 1. The van der Waals surface area contributed by atoms with Crippen LogP contribution in [0.25, 0.3) is 6.08 Å². The SMILES string of the molecule is COC(=O)C1=C(C)N(Cc2ccccc2)C(=O)/C1=C/c1ccc(CN(Cc2ccc(Cl)cc2)S(=O)(=O)c2ccc(C)cc2)o1. The Kier molecular flexibility index (Phi) is 9.20. The maximum atomic E-state index is 13.8. The van der Waals surface area contributed by atoms with Crippen molar-refractivity contribution in [2.45, 2.75) is 38.4 Å². The number of halogens is 1. The number of hydrogen-bond donors (Lipinski definition) is 0. The van der Waals surface area contributed by atoms with Gasteiger partial charge in [-0.3, -0.25) is 4.79 Å². The van der Waals surface area contributed by atoms with Crippen molar-refractivity contribution in [2.75, 3.05) is 7.11 Å². The number of carbonyl (C=O) groups is 2. The van der Waals surface area contributed by atoms with Crippen molar-refractivity contribution in [3.63, 3.8) is 0 Å². The lowest BCUT2D eigenvalue weighted by atomic mass is 10.1. The molecule has 0 bridgehead atoms. The summed E-state index contributed by atoms with van der Waals surface area (Å²) in [6.45, 7) is 3.87. The largest absolute Gasteiger partial charge is 0.465 e. The number of rotatable bonds is 10. The summed E-state index contributed by atoms with van der Waals surface area (Å²) in [7, 11) is -2.66. The highest BCUT2D eigenvalue weighted by Gasteiger charge is 2.37. The molecule has 44 heavy (non-hydrogen) atoms. The van der Waals surface area contributed by atoms with Gasteiger partial charge in [0.1, 0.15) is 11.5 Å². The molecular formula is C34H31ClN2O6S. The molecule has 0 aliphatic carbocycles. The highest BCUT2D eigenvalue weighted by atomic mass is 35.5. The molecule has 0 unspecified atom stereocenters. The van der Waals surface area contributed by atoms with E-state index in [0.29, 0.717) is 22.2 Å². The molecule has 0 radical (unpaired) electrons. The number of carbonyl (C=O) groups excluding carboxylic acids is 2. The Labute approximate surface area is 261 Å². The van der Waals surface area contributed by atoms with Crippen molar-refractivity contribution in [3.05, 3.63) is 141 Å². The van der Waals surface area contributed by atoms with Gasteiger partial charge in [-0.1, -0.05) is 71.8 Å². The van der Waals surface area contributed by atoms with Crippen LogP contribution >= 0.6 is 11.6 Å². The highest BCUT2D eigenvalue weighted by molar-refractivity contribution is 7.89. The van der Waals surface area contributed by atoms with Gasteiger partial charge in [-0.25, -0.2) is 13.2 Å². The molecule has 0 saturated carbocycles.